The molecule has 4 N–H and O–H groups in total. The SMILES string of the molecule is CCc1nncn1CCNC(=NC)NCc1ccc(S(N)(=O)=O)s1. The summed E-state index contributed by atoms with van der Waals surface area (Å²) in [5, 5.41) is 19.3. The Morgan fingerprint density at radius 1 is 1.42 bits per heavy atom. The zero-order valence-electron chi connectivity index (χ0n) is 13.6. The third-order valence-corrected chi connectivity index (χ3v) is 5.75. The summed E-state index contributed by atoms with van der Waals surface area (Å²) in [5.74, 6) is 1.57. The maximum Gasteiger partial charge on any atom is 0.247 e. The summed E-state index contributed by atoms with van der Waals surface area (Å²) in [6.07, 6.45) is 2.54. The number of rotatable bonds is 7. The summed E-state index contributed by atoms with van der Waals surface area (Å²) in [4.78, 5) is 4.99. The zero-order chi connectivity index (χ0) is 17.6. The first-order valence-electron chi connectivity index (χ1n) is 7.36. The standard InChI is InChI=1S/C13H21N7O2S2/c1-3-11-19-18-9-20(11)7-6-16-13(15-2)17-8-10-4-5-12(23-10)24(14,21)22/h4-5,9H,3,6-8H2,1-2H3,(H2,14,21,22)(H2,15,16,17). The normalized spacial score (nSPS) is 12.4. The second-order valence-electron chi connectivity index (χ2n) is 4.91. The Morgan fingerprint density at radius 3 is 2.83 bits per heavy atom. The van der Waals surface area contributed by atoms with Crippen molar-refractivity contribution in [2.24, 2.45) is 10.1 Å². The van der Waals surface area contributed by atoms with E-state index in [0.717, 1.165) is 35.0 Å². The average Bonchev–Trinajstić information content (AvgIpc) is 3.19. The molecule has 0 aliphatic rings. The Balaban J connectivity index is 1.81. The molecule has 0 amide bonds. The topological polar surface area (TPSA) is 127 Å². The zero-order valence-corrected chi connectivity index (χ0v) is 15.2. The molecule has 0 saturated heterocycles. The molecule has 0 radical (unpaired) electrons. The van der Waals surface area contributed by atoms with Crippen molar-refractivity contribution in [1.29, 1.82) is 0 Å². The Morgan fingerprint density at radius 2 is 2.21 bits per heavy atom. The largest absolute Gasteiger partial charge is 0.355 e. The fourth-order valence-corrected chi connectivity index (χ4v) is 3.75. The van der Waals surface area contributed by atoms with E-state index >= 15 is 0 Å². The van der Waals surface area contributed by atoms with Crippen molar-refractivity contribution in [2.75, 3.05) is 13.6 Å². The predicted molar refractivity (Wildman–Crippen MR) is 93.3 cm³/mol. The summed E-state index contributed by atoms with van der Waals surface area (Å²) in [5.41, 5.74) is 0. The van der Waals surface area contributed by atoms with E-state index in [1.807, 2.05) is 11.5 Å². The quantitative estimate of drug-likeness (QED) is 0.461. The van der Waals surface area contributed by atoms with Gasteiger partial charge in [-0.1, -0.05) is 6.92 Å². The Bertz CT molecular complexity index is 795. The van der Waals surface area contributed by atoms with E-state index in [9.17, 15) is 8.42 Å². The van der Waals surface area contributed by atoms with Gasteiger partial charge in [-0.15, -0.1) is 21.5 Å². The molecule has 0 fully saturated rings. The van der Waals surface area contributed by atoms with Gasteiger partial charge in [-0.05, 0) is 12.1 Å². The summed E-state index contributed by atoms with van der Waals surface area (Å²) < 4.78 is 24.7. The molecule has 24 heavy (non-hydrogen) atoms. The highest BCUT2D eigenvalue weighted by Gasteiger charge is 2.11. The molecule has 0 aromatic carbocycles. The number of nitrogens with two attached hydrogens (primary N) is 1. The van der Waals surface area contributed by atoms with E-state index < -0.39 is 10.0 Å². The number of nitrogens with one attached hydrogen (secondary N) is 2. The third kappa shape index (κ3) is 5.01. The third-order valence-electron chi connectivity index (χ3n) is 3.23. The van der Waals surface area contributed by atoms with Gasteiger partial charge in [0.1, 0.15) is 16.4 Å². The van der Waals surface area contributed by atoms with E-state index in [4.69, 9.17) is 5.14 Å². The number of nitrogens with zero attached hydrogens (tertiary/aromatic N) is 4. The van der Waals surface area contributed by atoms with Crippen molar-refractivity contribution >= 4 is 27.3 Å². The number of sulfonamides is 1. The van der Waals surface area contributed by atoms with Crippen LogP contribution in [0.3, 0.4) is 0 Å². The lowest BCUT2D eigenvalue weighted by Crippen LogP contribution is -2.38. The summed E-state index contributed by atoms with van der Waals surface area (Å²) in [6.45, 7) is 3.89. The molecule has 0 unspecified atom stereocenters. The number of guanidine groups is 1. The van der Waals surface area contributed by atoms with Crippen LogP contribution in [0.1, 0.15) is 17.6 Å². The summed E-state index contributed by atoms with van der Waals surface area (Å²) >= 11 is 1.14. The monoisotopic (exact) mass is 371 g/mol. The van der Waals surface area contributed by atoms with Gasteiger partial charge in [0.25, 0.3) is 0 Å². The fourth-order valence-electron chi connectivity index (χ4n) is 2.03. The van der Waals surface area contributed by atoms with Gasteiger partial charge in [-0.3, -0.25) is 4.99 Å². The lowest BCUT2D eigenvalue weighted by molar-refractivity contribution is 0.600. The number of hydrogen-bond acceptors (Lipinski definition) is 6. The summed E-state index contributed by atoms with van der Waals surface area (Å²) in [7, 11) is -1.97. The Hall–Kier alpha value is -1.98. The molecule has 2 aromatic rings. The van der Waals surface area contributed by atoms with Gasteiger partial charge >= 0.3 is 0 Å². The maximum atomic E-state index is 11.3. The highest BCUT2D eigenvalue weighted by Crippen LogP contribution is 2.19. The molecule has 2 rings (SSSR count). The van der Waals surface area contributed by atoms with Crippen molar-refractivity contribution in [3.05, 3.63) is 29.2 Å². The number of hydrogen-bond donors (Lipinski definition) is 3. The first kappa shape index (κ1) is 18.4. The molecule has 0 bridgehead atoms. The molecular formula is C13H21N7O2S2. The molecule has 0 aliphatic carbocycles. The predicted octanol–water partition coefficient (Wildman–Crippen LogP) is -0.0854. The Kier molecular flexibility index (Phi) is 6.29. The van der Waals surface area contributed by atoms with Crippen molar-refractivity contribution in [1.82, 2.24) is 25.4 Å². The van der Waals surface area contributed by atoms with E-state index in [1.165, 1.54) is 6.07 Å². The van der Waals surface area contributed by atoms with Gasteiger partial charge in [-0.2, -0.15) is 0 Å². The number of aromatic nitrogens is 3. The molecule has 2 heterocycles. The van der Waals surface area contributed by atoms with Crippen LogP contribution in [0.2, 0.25) is 0 Å². The second kappa shape index (κ2) is 8.22. The van der Waals surface area contributed by atoms with E-state index in [2.05, 4.69) is 25.8 Å². The van der Waals surface area contributed by atoms with Gasteiger partial charge in [-0.25, -0.2) is 13.6 Å². The van der Waals surface area contributed by atoms with Crippen LogP contribution >= 0.6 is 11.3 Å². The number of primary sulfonamides is 1. The molecule has 9 nitrogen and oxygen atoms in total. The summed E-state index contributed by atoms with van der Waals surface area (Å²) in [6, 6.07) is 3.24. The van der Waals surface area contributed by atoms with Gasteiger partial charge in [0.05, 0.1) is 6.54 Å². The van der Waals surface area contributed by atoms with Gasteiger partial charge in [0.15, 0.2) is 5.96 Å². The highest BCUT2D eigenvalue weighted by molar-refractivity contribution is 7.91. The van der Waals surface area contributed by atoms with Crippen LogP contribution < -0.4 is 15.8 Å². The smallest absolute Gasteiger partial charge is 0.247 e. The van der Waals surface area contributed by atoms with Crippen molar-refractivity contribution < 1.29 is 8.42 Å². The van der Waals surface area contributed by atoms with Crippen LogP contribution in [0.25, 0.3) is 0 Å². The molecule has 0 aliphatic heterocycles. The van der Waals surface area contributed by atoms with E-state index in [0.29, 0.717) is 19.0 Å². The van der Waals surface area contributed by atoms with Crippen LogP contribution in [-0.2, 0) is 29.5 Å². The van der Waals surface area contributed by atoms with Crippen molar-refractivity contribution in [3.8, 4) is 0 Å². The van der Waals surface area contributed by atoms with Crippen LogP contribution in [0, 0.1) is 0 Å². The number of thiophene rings is 1. The molecule has 0 spiro atoms. The molecule has 0 atom stereocenters. The van der Waals surface area contributed by atoms with Gasteiger partial charge < -0.3 is 15.2 Å². The first-order valence-corrected chi connectivity index (χ1v) is 9.73. The lowest BCUT2D eigenvalue weighted by Gasteiger charge is -2.12. The highest BCUT2D eigenvalue weighted by atomic mass is 32.2. The minimum atomic E-state index is -3.64. The second-order valence-corrected chi connectivity index (χ2v) is 7.87. The van der Waals surface area contributed by atoms with E-state index in [1.54, 1.807) is 19.4 Å². The fraction of sp³-hybridized carbons (Fsp3) is 0.462. The van der Waals surface area contributed by atoms with E-state index in [-0.39, 0.29) is 4.21 Å². The minimum Gasteiger partial charge on any atom is -0.355 e. The molecule has 0 saturated carbocycles. The molecule has 132 valence electrons. The first-order chi connectivity index (χ1) is 11.4. The minimum absolute atomic E-state index is 0.155. The molecule has 11 heteroatoms. The van der Waals surface area contributed by atoms with Crippen LogP contribution in [0.4, 0.5) is 0 Å². The van der Waals surface area contributed by atoms with Gasteiger partial charge in [0.2, 0.25) is 10.0 Å². The van der Waals surface area contributed by atoms with Crippen LogP contribution in [0.15, 0.2) is 27.7 Å². The molecular weight excluding hydrogens is 350 g/mol. The maximum absolute atomic E-state index is 11.3. The molecule has 2 aromatic heterocycles. The van der Waals surface area contributed by atoms with Gasteiger partial charge in [0, 0.05) is 31.4 Å². The van der Waals surface area contributed by atoms with Crippen molar-refractivity contribution in [2.45, 2.75) is 30.6 Å². The van der Waals surface area contributed by atoms with Crippen LogP contribution in [-0.4, -0.2) is 42.7 Å². The van der Waals surface area contributed by atoms with Crippen molar-refractivity contribution in [3.63, 3.8) is 0 Å². The Labute approximate surface area is 145 Å². The lowest BCUT2D eigenvalue weighted by atomic mass is 10.4. The average molecular weight is 371 g/mol. The number of aryl methyl sites for hydroxylation is 1. The number of aliphatic imine (C=N–C) groups is 1. The van der Waals surface area contributed by atoms with Crippen LogP contribution in [0.5, 0.6) is 0 Å².